The summed E-state index contributed by atoms with van der Waals surface area (Å²) in [4.78, 5) is 14.2. The Labute approximate surface area is 158 Å². The molecule has 1 aromatic heterocycles. The first-order chi connectivity index (χ1) is 13.1. The number of H-pyrrole nitrogens is 1. The number of benzene rings is 2. The number of aromatic amines is 1. The summed E-state index contributed by atoms with van der Waals surface area (Å²) in [5.41, 5.74) is 7.47. The van der Waals surface area contributed by atoms with E-state index < -0.39 is 5.97 Å². The molecule has 138 valence electrons. The molecule has 0 radical (unpaired) electrons. The molecule has 1 aliphatic carbocycles. The molecule has 0 amide bonds. The van der Waals surface area contributed by atoms with Crippen LogP contribution in [0.15, 0.2) is 48.5 Å². The highest BCUT2D eigenvalue weighted by Crippen LogP contribution is 2.32. The van der Waals surface area contributed by atoms with Gasteiger partial charge in [0.15, 0.2) is 0 Å². The zero-order chi connectivity index (χ0) is 18.8. The van der Waals surface area contributed by atoms with Gasteiger partial charge in [0.2, 0.25) is 0 Å². The molecule has 1 heterocycles. The molecule has 1 atom stereocenters. The molecule has 0 aliphatic heterocycles. The van der Waals surface area contributed by atoms with Gasteiger partial charge in [0.25, 0.3) is 0 Å². The first-order valence-corrected chi connectivity index (χ1v) is 9.45. The maximum atomic E-state index is 10.7. The largest absolute Gasteiger partial charge is 0.478 e. The third-order valence-corrected chi connectivity index (χ3v) is 5.46. The number of fused-ring (bicyclic) bond motifs is 2. The van der Waals surface area contributed by atoms with Crippen molar-refractivity contribution in [2.45, 2.75) is 32.2 Å². The number of carbonyl (C=O) groups is 1. The quantitative estimate of drug-likeness (QED) is 0.571. The molecular formula is C23H24N2O2. The van der Waals surface area contributed by atoms with Crippen LogP contribution in [0.3, 0.4) is 0 Å². The Morgan fingerprint density at radius 3 is 3.00 bits per heavy atom. The average Bonchev–Trinajstić information content (AvgIpc) is 3.20. The minimum Gasteiger partial charge on any atom is -0.478 e. The molecule has 0 fully saturated rings. The summed E-state index contributed by atoms with van der Waals surface area (Å²) in [5, 5.41) is 13.8. The lowest BCUT2D eigenvalue weighted by molar-refractivity contribution is -0.131. The van der Waals surface area contributed by atoms with Crippen LogP contribution in [0.1, 0.15) is 40.4 Å². The normalized spacial score (nSPS) is 16.3. The van der Waals surface area contributed by atoms with Crippen LogP contribution in [0.25, 0.3) is 17.0 Å². The number of hydrogen-bond acceptors (Lipinski definition) is 2. The minimum absolute atomic E-state index is 0.378. The maximum Gasteiger partial charge on any atom is 0.328 e. The highest BCUT2D eigenvalue weighted by atomic mass is 16.4. The predicted molar refractivity (Wildman–Crippen MR) is 109 cm³/mol. The molecule has 4 rings (SSSR count). The first kappa shape index (κ1) is 17.6. The van der Waals surface area contributed by atoms with E-state index in [1.807, 2.05) is 6.07 Å². The van der Waals surface area contributed by atoms with Crippen molar-refractivity contribution in [3.05, 3.63) is 76.5 Å². The summed E-state index contributed by atoms with van der Waals surface area (Å²) in [5.74, 6) is -0.914. The van der Waals surface area contributed by atoms with Gasteiger partial charge in [0.1, 0.15) is 0 Å². The highest BCUT2D eigenvalue weighted by Gasteiger charge is 2.22. The van der Waals surface area contributed by atoms with E-state index in [2.05, 4.69) is 53.6 Å². The molecule has 2 aromatic carbocycles. The van der Waals surface area contributed by atoms with Crippen molar-refractivity contribution in [2.24, 2.45) is 0 Å². The third kappa shape index (κ3) is 3.67. The predicted octanol–water partition coefficient (Wildman–Crippen LogP) is 4.39. The Morgan fingerprint density at radius 2 is 2.15 bits per heavy atom. The van der Waals surface area contributed by atoms with Crippen molar-refractivity contribution >= 4 is 22.9 Å². The topological polar surface area (TPSA) is 65.1 Å². The van der Waals surface area contributed by atoms with Crippen LogP contribution in [0.4, 0.5) is 0 Å². The fourth-order valence-corrected chi connectivity index (χ4v) is 4.15. The summed E-state index contributed by atoms with van der Waals surface area (Å²) in [6, 6.07) is 15.1. The van der Waals surface area contributed by atoms with Gasteiger partial charge in [0.05, 0.1) is 0 Å². The summed E-state index contributed by atoms with van der Waals surface area (Å²) in [6.45, 7) is 3.08. The minimum atomic E-state index is -0.914. The third-order valence-electron chi connectivity index (χ3n) is 5.46. The van der Waals surface area contributed by atoms with Crippen molar-refractivity contribution in [1.82, 2.24) is 10.3 Å². The number of aryl methyl sites for hydroxylation is 2. The van der Waals surface area contributed by atoms with Crippen molar-refractivity contribution < 1.29 is 9.90 Å². The van der Waals surface area contributed by atoms with E-state index in [0.29, 0.717) is 6.04 Å². The molecule has 3 N–H and O–H groups in total. The van der Waals surface area contributed by atoms with E-state index in [-0.39, 0.29) is 0 Å². The maximum absolute atomic E-state index is 10.7. The van der Waals surface area contributed by atoms with Crippen molar-refractivity contribution in [3.8, 4) is 0 Å². The fourth-order valence-electron chi connectivity index (χ4n) is 4.15. The zero-order valence-electron chi connectivity index (χ0n) is 15.5. The molecule has 0 saturated carbocycles. The second-order valence-electron chi connectivity index (χ2n) is 7.20. The molecule has 0 saturated heterocycles. The van der Waals surface area contributed by atoms with Crippen molar-refractivity contribution in [1.29, 1.82) is 0 Å². The molecule has 0 bridgehead atoms. The number of hydrogen-bond donors (Lipinski definition) is 3. The number of nitrogens with one attached hydrogen (secondary N) is 2. The lowest BCUT2D eigenvalue weighted by Crippen LogP contribution is -2.22. The van der Waals surface area contributed by atoms with E-state index in [1.54, 1.807) is 6.08 Å². The fraction of sp³-hybridized carbons (Fsp3) is 0.261. The van der Waals surface area contributed by atoms with Crippen LogP contribution in [-0.4, -0.2) is 22.6 Å². The molecule has 4 heteroatoms. The Bertz CT molecular complexity index is 1020. The number of aliphatic carboxylic acids is 1. The van der Waals surface area contributed by atoms with E-state index in [4.69, 9.17) is 5.11 Å². The van der Waals surface area contributed by atoms with Gasteiger partial charge in [-0.15, -0.1) is 0 Å². The lowest BCUT2D eigenvalue weighted by Gasteiger charge is -2.14. The Morgan fingerprint density at radius 1 is 1.30 bits per heavy atom. The summed E-state index contributed by atoms with van der Waals surface area (Å²) in [7, 11) is 0. The summed E-state index contributed by atoms with van der Waals surface area (Å²) >= 11 is 0. The second kappa shape index (κ2) is 7.41. The second-order valence-corrected chi connectivity index (χ2v) is 7.20. The van der Waals surface area contributed by atoms with Gasteiger partial charge in [0, 0.05) is 28.7 Å². The number of carboxylic acid groups (broad SMARTS) is 1. The van der Waals surface area contributed by atoms with Gasteiger partial charge < -0.3 is 15.4 Å². The first-order valence-electron chi connectivity index (χ1n) is 9.45. The average molecular weight is 360 g/mol. The molecule has 3 aromatic rings. The molecule has 1 unspecified atom stereocenters. The number of carboxylic acids is 1. The van der Waals surface area contributed by atoms with Crippen LogP contribution in [0.5, 0.6) is 0 Å². The van der Waals surface area contributed by atoms with Crippen LogP contribution in [0.2, 0.25) is 0 Å². The molecule has 1 aliphatic rings. The zero-order valence-corrected chi connectivity index (χ0v) is 15.5. The van der Waals surface area contributed by atoms with Crippen molar-refractivity contribution in [2.75, 3.05) is 6.54 Å². The van der Waals surface area contributed by atoms with Gasteiger partial charge in [-0.25, -0.2) is 4.79 Å². The van der Waals surface area contributed by atoms with E-state index in [1.165, 1.54) is 39.4 Å². The number of aromatic nitrogens is 1. The van der Waals surface area contributed by atoms with Crippen LogP contribution in [0, 0.1) is 6.92 Å². The Hall–Kier alpha value is -2.85. The summed E-state index contributed by atoms with van der Waals surface area (Å²) < 4.78 is 0. The molecule has 0 spiro atoms. The summed E-state index contributed by atoms with van der Waals surface area (Å²) in [6.07, 6.45) is 5.97. The highest BCUT2D eigenvalue weighted by molar-refractivity contribution is 5.85. The van der Waals surface area contributed by atoms with Gasteiger partial charge in [-0.05, 0) is 67.1 Å². The molecule has 4 nitrogen and oxygen atoms in total. The lowest BCUT2D eigenvalue weighted by atomic mass is 10.0. The standard InChI is InChI=1S/C23H24N2O2/c1-15-18(20-4-2-3-5-22(20)25-15)12-13-24-21-10-8-17-14-16(6-9-19(17)21)7-11-23(26)27/h2-7,9,11,14,21,24-25H,8,10,12-13H2,1H3,(H,26,27)/b11-7+. The van der Waals surface area contributed by atoms with E-state index in [0.717, 1.165) is 31.4 Å². The van der Waals surface area contributed by atoms with E-state index >= 15 is 0 Å². The SMILES string of the molecule is Cc1[nH]c2ccccc2c1CCNC1CCc2cc(/C=C/C(=O)O)ccc21. The molecule has 27 heavy (non-hydrogen) atoms. The van der Waals surface area contributed by atoms with E-state index in [9.17, 15) is 4.79 Å². The Kier molecular flexibility index (Phi) is 4.82. The van der Waals surface area contributed by atoms with Gasteiger partial charge in [-0.2, -0.15) is 0 Å². The van der Waals surface area contributed by atoms with Crippen LogP contribution in [-0.2, 0) is 17.6 Å². The monoisotopic (exact) mass is 360 g/mol. The smallest absolute Gasteiger partial charge is 0.328 e. The Balaban J connectivity index is 1.42. The van der Waals surface area contributed by atoms with Crippen LogP contribution >= 0.6 is 0 Å². The van der Waals surface area contributed by atoms with Gasteiger partial charge >= 0.3 is 5.97 Å². The number of rotatable bonds is 6. The van der Waals surface area contributed by atoms with Crippen LogP contribution < -0.4 is 5.32 Å². The van der Waals surface area contributed by atoms with Crippen molar-refractivity contribution in [3.63, 3.8) is 0 Å². The number of para-hydroxylation sites is 1. The molecular weight excluding hydrogens is 336 g/mol. The van der Waals surface area contributed by atoms with Gasteiger partial charge in [-0.1, -0.05) is 36.4 Å². The van der Waals surface area contributed by atoms with Gasteiger partial charge in [-0.3, -0.25) is 0 Å².